The third-order valence-electron chi connectivity index (χ3n) is 6.86. The number of ether oxygens (including phenoxy) is 2. The lowest BCUT2D eigenvalue weighted by molar-refractivity contribution is -0.138. The number of Topliss-reactive ketones (excluding diaryl/α,β-unsaturated/α-hetero) is 1. The lowest BCUT2D eigenvalue weighted by Crippen LogP contribution is -2.65. The van der Waals surface area contributed by atoms with Crippen molar-refractivity contribution in [3.05, 3.63) is 23.3 Å². The van der Waals surface area contributed by atoms with Gasteiger partial charge in [0.2, 0.25) is 0 Å². The van der Waals surface area contributed by atoms with E-state index in [1.165, 1.54) is 22.9 Å². The first kappa shape index (κ1) is 16.6. The number of hydrogen-bond donors (Lipinski definition) is 0. The smallest absolute Gasteiger partial charge is 0.321 e. The van der Waals surface area contributed by atoms with Gasteiger partial charge in [0.15, 0.2) is 23.4 Å². The van der Waals surface area contributed by atoms with Gasteiger partial charge < -0.3 is 14.4 Å². The molecule has 1 saturated heterocycles. The highest BCUT2D eigenvalue weighted by atomic mass is 32.2. The van der Waals surface area contributed by atoms with Gasteiger partial charge in [0.05, 0.1) is 5.75 Å². The van der Waals surface area contributed by atoms with Crippen LogP contribution in [0.15, 0.2) is 12.1 Å². The number of hydrogen-bond acceptors (Lipinski definition) is 6. The molecule has 0 aromatic heterocycles. The van der Waals surface area contributed by atoms with Crippen molar-refractivity contribution in [2.45, 2.75) is 43.2 Å². The fourth-order valence-corrected chi connectivity index (χ4v) is 6.15. The van der Waals surface area contributed by atoms with Crippen LogP contribution in [-0.2, 0) is 21.4 Å². The summed E-state index contributed by atoms with van der Waals surface area (Å²) in [5.41, 5.74) is 2.20. The zero-order valence-corrected chi connectivity index (χ0v) is 15.9. The summed E-state index contributed by atoms with van der Waals surface area (Å²) in [7, 11) is 2.20. The molecule has 138 valence electrons. The van der Waals surface area contributed by atoms with Gasteiger partial charge >= 0.3 is 5.97 Å². The second kappa shape index (κ2) is 5.73. The number of carbonyl (C=O) groups excluding carboxylic acids is 2. The third-order valence-corrected chi connectivity index (χ3v) is 7.38. The summed E-state index contributed by atoms with van der Waals surface area (Å²) in [6.07, 6.45) is 4.90. The second-order valence-corrected chi connectivity index (χ2v) is 8.85. The first-order valence-corrected chi connectivity index (χ1v) is 10.7. The van der Waals surface area contributed by atoms with Crippen LogP contribution in [0.4, 0.5) is 0 Å². The Morgan fingerprint density at radius 2 is 2.31 bits per heavy atom. The van der Waals surface area contributed by atoms with Crippen LogP contribution in [0.5, 0.6) is 11.5 Å². The molecule has 1 spiro atoms. The molecule has 1 aromatic rings. The topological polar surface area (TPSA) is 55.8 Å². The summed E-state index contributed by atoms with van der Waals surface area (Å²) < 4.78 is 11.9. The number of likely N-dealkylation sites (N-methyl/N-ethyl adjacent to an activating group) is 1. The van der Waals surface area contributed by atoms with E-state index in [0.717, 1.165) is 25.8 Å². The summed E-state index contributed by atoms with van der Waals surface area (Å²) in [5.74, 6) is 1.81. The number of benzene rings is 1. The molecule has 26 heavy (non-hydrogen) atoms. The van der Waals surface area contributed by atoms with Crippen molar-refractivity contribution in [3.63, 3.8) is 0 Å². The zero-order chi connectivity index (χ0) is 18.1. The van der Waals surface area contributed by atoms with Gasteiger partial charge in [-0.15, -0.1) is 0 Å². The van der Waals surface area contributed by atoms with Crippen LogP contribution in [0.1, 0.15) is 30.4 Å². The molecule has 6 heteroatoms. The number of thioether (sulfide) groups is 1. The Labute approximate surface area is 157 Å². The lowest BCUT2D eigenvalue weighted by atomic mass is 9.52. The van der Waals surface area contributed by atoms with Gasteiger partial charge in [0.25, 0.3) is 0 Å². The number of piperidine rings is 1. The molecular formula is C20H23NO4S. The molecule has 0 amide bonds. The molecule has 2 aliphatic carbocycles. The zero-order valence-electron chi connectivity index (χ0n) is 15.1. The van der Waals surface area contributed by atoms with E-state index in [0.29, 0.717) is 35.6 Å². The van der Waals surface area contributed by atoms with Gasteiger partial charge in [0, 0.05) is 23.4 Å². The molecule has 5 rings (SSSR count). The molecule has 4 aliphatic rings. The molecule has 2 aliphatic heterocycles. The van der Waals surface area contributed by atoms with E-state index in [1.54, 1.807) is 0 Å². The Balaban J connectivity index is 1.66. The molecule has 1 aromatic carbocycles. The Morgan fingerprint density at radius 1 is 1.46 bits per heavy atom. The monoisotopic (exact) mass is 373 g/mol. The maximum atomic E-state index is 12.8. The largest absolute Gasteiger partial charge is 0.477 e. The highest BCUT2D eigenvalue weighted by molar-refractivity contribution is 7.99. The standard InChI is InChI=1S/C20H23NO4S/c1-21-8-7-20-12-4-5-14(22)19(20)25-18-15(24-16(23)10-26-2)6-3-11(17(18)20)9-13(12)21/h3,6,12-13,19H,4-5,7-10H2,1-2H3/t12?,13?,19-,20?/m0/s1. The van der Waals surface area contributed by atoms with Crippen LogP contribution < -0.4 is 9.47 Å². The molecular weight excluding hydrogens is 350 g/mol. The van der Waals surface area contributed by atoms with Crippen molar-refractivity contribution in [3.8, 4) is 11.5 Å². The molecule has 0 N–H and O–H groups in total. The minimum Gasteiger partial charge on any atom is -0.477 e. The van der Waals surface area contributed by atoms with Gasteiger partial charge in [0.1, 0.15) is 0 Å². The van der Waals surface area contributed by atoms with Crippen molar-refractivity contribution in [2.75, 3.05) is 25.6 Å². The SMILES string of the molecule is CSCC(=O)Oc1ccc2c3c1O[C@H]1C(=O)CCC4C(C2)N(C)CCC341. The minimum absolute atomic E-state index is 0.204. The molecule has 4 atom stereocenters. The predicted molar refractivity (Wildman–Crippen MR) is 99.0 cm³/mol. The second-order valence-electron chi connectivity index (χ2n) is 7.99. The van der Waals surface area contributed by atoms with E-state index in [2.05, 4.69) is 18.0 Å². The highest BCUT2D eigenvalue weighted by Crippen LogP contribution is 2.63. The fraction of sp³-hybridized carbons (Fsp3) is 0.600. The van der Waals surface area contributed by atoms with Crippen molar-refractivity contribution in [1.82, 2.24) is 4.90 Å². The maximum absolute atomic E-state index is 12.8. The summed E-state index contributed by atoms with van der Waals surface area (Å²) in [6.45, 7) is 0.976. The van der Waals surface area contributed by atoms with E-state index >= 15 is 0 Å². The number of nitrogens with zero attached hydrogens (tertiary/aromatic N) is 1. The van der Waals surface area contributed by atoms with E-state index < -0.39 is 6.10 Å². The van der Waals surface area contributed by atoms with Gasteiger partial charge in [-0.1, -0.05) is 6.07 Å². The predicted octanol–water partition coefficient (Wildman–Crippen LogP) is 2.19. The van der Waals surface area contributed by atoms with Gasteiger partial charge in [-0.05, 0) is 56.7 Å². The average molecular weight is 373 g/mol. The van der Waals surface area contributed by atoms with E-state index in [9.17, 15) is 9.59 Å². The summed E-state index contributed by atoms with van der Waals surface area (Å²) >= 11 is 1.44. The molecule has 3 unspecified atom stereocenters. The van der Waals surface area contributed by atoms with Gasteiger partial charge in [-0.25, -0.2) is 0 Å². The van der Waals surface area contributed by atoms with Crippen LogP contribution in [0.25, 0.3) is 0 Å². The van der Waals surface area contributed by atoms with Crippen LogP contribution in [-0.4, -0.2) is 54.4 Å². The number of esters is 1. The Kier molecular flexibility index (Phi) is 3.67. The normalized spacial score (nSPS) is 34.2. The molecule has 2 fully saturated rings. The molecule has 0 radical (unpaired) electrons. The molecule has 2 heterocycles. The number of carbonyl (C=O) groups is 2. The van der Waals surface area contributed by atoms with E-state index in [4.69, 9.17) is 9.47 Å². The van der Waals surface area contributed by atoms with Crippen LogP contribution >= 0.6 is 11.8 Å². The van der Waals surface area contributed by atoms with Crippen molar-refractivity contribution < 1.29 is 19.1 Å². The maximum Gasteiger partial charge on any atom is 0.321 e. The molecule has 1 saturated carbocycles. The van der Waals surface area contributed by atoms with Crippen molar-refractivity contribution in [2.24, 2.45) is 5.92 Å². The molecule has 5 nitrogen and oxygen atoms in total. The van der Waals surface area contributed by atoms with Gasteiger partial charge in [-0.3, -0.25) is 9.59 Å². The average Bonchev–Trinajstić information content (AvgIpc) is 2.97. The number of ketones is 1. The number of rotatable bonds is 3. The highest BCUT2D eigenvalue weighted by Gasteiger charge is 2.65. The minimum atomic E-state index is -0.410. The summed E-state index contributed by atoms with van der Waals surface area (Å²) in [6, 6.07) is 4.39. The summed E-state index contributed by atoms with van der Waals surface area (Å²) in [4.78, 5) is 27.3. The fourth-order valence-electron chi connectivity index (χ4n) is 5.86. The van der Waals surface area contributed by atoms with Crippen LogP contribution in [0, 0.1) is 5.92 Å². The quantitative estimate of drug-likeness (QED) is 0.598. The van der Waals surface area contributed by atoms with Crippen LogP contribution in [0.2, 0.25) is 0 Å². The van der Waals surface area contributed by atoms with Crippen LogP contribution in [0.3, 0.4) is 0 Å². The Morgan fingerprint density at radius 3 is 3.12 bits per heavy atom. The first-order valence-electron chi connectivity index (χ1n) is 9.32. The first-order chi connectivity index (χ1) is 12.6. The number of likely N-dealkylation sites (tertiary alicyclic amines) is 1. The van der Waals surface area contributed by atoms with Crippen molar-refractivity contribution >= 4 is 23.5 Å². The van der Waals surface area contributed by atoms with Gasteiger partial charge in [-0.2, -0.15) is 11.8 Å². The van der Waals surface area contributed by atoms with Crippen molar-refractivity contribution in [1.29, 1.82) is 0 Å². The Hall–Kier alpha value is -1.53. The summed E-state index contributed by atoms with van der Waals surface area (Å²) in [5, 5.41) is 0. The van der Waals surface area contributed by atoms with E-state index in [1.807, 2.05) is 12.3 Å². The Bertz CT molecular complexity index is 809. The molecule has 2 bridgehead atoms. The van der Waals surface area contributed by atoms with E-state index in [-0.39, 0.29) is 17.2 Å². The third kappa shape index (κ3) is 2.03. The lowest BCUT2D eigenvalue weighted by Gasteiger charge is -2.57.